The minimum atomic E-state index is 0.0600. The molecular weight excluding hydrogens is 168 g/mol. The van der Waals surface area contributed by atoms with Crippen molar-refractivity contribution in [3.8, 4) is 0 Å². The van der Waals surface area contributed by atoms with E-state index in [-0.39, 0.29) is 5.78 Å². The van der Waals surface area contributed by atoms with E-state index in [4.69, 9.17) is 9.15 Å². The third kappa shape index (κ3) is 2.70. The number of ketones is 1. The molecule has 0 saturated heterocycles. The van der Waals surface area contributed by atoms with Gasteiger partial charge < -0.3 is 9.15 Å². The minimum Gasteiger partial charge on any atom is -0.456 e. The Morgan fingerprint density at radius 2 is 2.31 bits per heavy atom. The van der Waals surface area contributed by atoms with E-state index in [1.165, 1.54) is 0 Å². The highest BCUT2D eigenvalue weighted by Gasteiger charge is 2.09. The van der Waals surface area contributed by atoms with Crippen LogP contribution in [-0.4, -0.2) is 12.9 Å². The van der Waals surface area contributed by atoms with Gasteiger partial charge in [-0.2, -0.15) is 0 Å². The highest BCUT2D eigenvalue weighted by molar-refractivity contribution is 5.93. The Balaban J connectivity index is 2.62. The van der Waals surface area contributed by atoms with Crippen LogP contribution in [0.3, 0.4) is 0 Å². The van der Waals surface area contributed by atoms with Crippen LogP contribution in [0.15, 0.2) is 16.5 Å². The van der Waals surface area contributed by atoms with Gasteiger partial charge in [0.25, 0.3) is 0 Å². The summed E-state index contributed by atoms with van der Waals surface area (Å²) in [5.74, 6) is 1.20. The maximum Gasteiger partial charge on any atom is 0.197 e. The zero-order chi connectivity index (χ0) is 9.68. The van der Waals surface area contributed by atoms with Crippen molar-refractivity contribution in [3.05, 3.63) is 23.7 Å². The summed E-state index contributed by atoms with van der Waals surface area (Å²) >= 11 is 0. The molecule has 3 heteroatoms. The number of furan rings is 1. The highest BCUT2D eigenvalue weighted by Crippen LogP contribution is 2.11. The first-order chi connectivity index (χ1) is 6.27. The van der Waals surface area contributed by atoms with Gasteiger partial charge in [0.15, 0.2) is 11.5 Å². The second-order valence-corrected chi connectivity index (χ2v) is 2.87. The van der Waals surface area contributed by atoms with Gasteiger partial charge >= 0.3 is 0 Å². The third-order valence-electron chi connectivity index (χ3n) is 1.70. The molecule has 1 heterocycles. The number of hydrogen-bond acceptors (Lipinski definition) is 3. The third-order valence-corrected chi connectivity index (χ3v) is 1.70. The Bertz CT molecular complexity index is 275. The molecule has 0 fully saturated rings. The summed E-state index contributed by atoms with van der Waals surface area (Å²) < 4.78 is 10.1. The van der Waals surface area contributed by atoms with E-state index < -0.39 is 0 Å². The van der Waals surface area contributed by atoms with Gasteiger partial charge in [0, 0.05) is 13.5 Å². The van der Waals surface area contributed by atoms with E-state index in [1.54, 1.807) is 19.2 Å². The first kappa shape index (κ1) is 9.99. The topological polar surface area (TPSA) is 39.4 Å². The van der Waals surface area contributed by atoms with Gasteiger partial charge in [-0.15, -0.1) is 0 Å². The first-order valence-electron chi connectivity index (χ1n) is 4.38. The molecule has 0 aliphatic rings. The van der Waals surface area contributed by atoms with E-state index in [9.17, 15) is 4.79 Å². The number of hydrogen-bond donors (Lipinski definition) is 0. The summed E-state index contributed by atoms with van der Waals surface area (Å²) in [5, 5.41) is 0. The molecular formula is C10H14O3. The average molecular weight is 182 g/mol. The Morgan fingerprint density at radius 3 is 2.92 bits per heavy atom. The molecule has 72 valence electrons. The summed E-state index contributed by atoms with van der Waals surface area (Å²) in [7, 11) is 1.59. The van der Waals surface area contributed by atoms with Crippen LogP contribution in [0, 0.1) is 0 Å². The lowest BCUT2D eigenvalue weighted by Crippen LogP contribution is -1.95. The highest BCUT2D eigenvalue weighted by atomic mass is 16.5. The molecule has 0 bridgehead atoms. The summed E-state index contributed by atoms with van der Waals surface area (Å²) in [4.78, 5) is 11.3. The molecule has 0 aliphatic carbocycles. The van der Waals surface area contributed by atoms with Gasteiger partial charge in [0.1, 0.15) is 12.4 Å². The lowest BCUT2D eigenvalue weighted by atomic mass is 10.2. The molecule has 1 rings (SSSR count). The van der Waals surface area contributed by atoms with E-state index in [1.807, 2.05) is 6.92 Å². The number of methoxy groups -OCH3 is 1. The first-order valence-corrected chi connectivity index (χ1v) is 4.38. The summed E-state index contributed by atoms with van der Waals surface area (Å²) in [6.07, 6.45) is 1.39. The van der Waals surface area contributed by atoms with Crippen LogP contribution in [0.4, 0.5) is 0 Å². The van der Waals surface area contributed by atoms with Gasteiger partial charge in [-0.3, -0.25) is 4.79 Å². The van der Waals surface area contributed by atoms with Crippen LogP contribution >= 0.6 is 0 Å². The lowest BCUT2D eigenvalue weighted by molar-refractivity contribution is 0.0946. The fourth-order valence-electron chi connectivity index (χ4n) is 1.10. The predicted molar refractivity (Wildman–Crippen MR) is 48.7 cm³/mol. The van der Waals surface area contributed by atoms with E-state index in [2.05, 4.69) is 0 Å². The van der Waals surface area contributed by atoms with Crippen LogP contribution in [0.2, 0.25) is 0 Å². The fourth-order valence-corrected chi connectivity index (χ4v) is 1.10. The van der Waals surface area contributed by atoms with Gasteiger partial charge in [0.05, 0.1) is 0 Å². The maximum atomic E-state index is 11.3. The van der Waals surface area contributed by atoms with E-state index in [0.29, 0.717) is 24.5 Å². The van der Waals surface area contributed by atoms with Crippen molar-refractivity contribution >= 4 is 5.78 Å². The van der Waals surface area contributed by atoms with Crippen molar-refractivity contribution in [2.75, 3.05) is 7.11 Å². The maximum absolute atomic E-state index is 11.3. The number of carbonyl (C=O) groups is 1. The smallest absolute Gasteiger partial charge is 0.197 e. The fraction of sp³-hybridized carbons (Fsp3) is 0.500. The molecule has 0 aliphatic heterocycles. The average Bonchev–Trinajstić information content (AvgIpc) is 2.54. The molecule has 3 nitrogen and oxygen atoms in total. The number of Topliss-reactive ketones (excluding diaryl/α,β-unsaturated/α-hetero) is 1. The molecule has 0 aromatic carbocycles. The Labute approximate surface area is 77.7 Å². The molecule has 1 aromatic rings. The summed E-state index contributed by atoms with van der Waals surface area (Å²) in [6.45, 7) is 2.39. The molecule has 0 radical (unpaired) electrons. The Hall–Kier alpha value is -1.09. The second kappa shape index (κ2) is 4.82. The lowest BCUT2D eigenvalue weighted by Gasteiger charge is -1.94. The molecule has 0 spiro atoms. The number of ether oxygens (including phenoxy) is 1. The Kier molecular flexibility index (Phi) is 3.71. The zero-order valence-corrected chi connectivity index (χ0v) is 8.00. The van der Waals surface area contributed by atoms with E-state index >= 15 is 0 Å². The molecule has 0 amide bonds. The van der Waals surface area contributed by atoms with Crippen molar-refractivity contribution in [1.29, 1.82) is 0 Å². The van der Waals surface area contributed by atoms with E-state index in [0.717, 1.165) is 6.42 Å². The second-order valence-electron chi connectivity index (χ2n) is 2.87. The monoisotopic (exact) mass is 182 g/mol. The van der Waals surface area contributed by atoms with Gasteiger partial charge in [-0.1, -0.05) is 6.92 Å². The normalized spacial score (nSPS) is 10.3. The molecule has 0 N–H and O–H groups in total. The van der Waals surface area contributed by atoms with Gasteiger partial charge in [0.2, 0.25) is 0 Å². The standard InChI is InChI=1S/C10H14O3/c1-3-4-9(11)10-6-5-8(13-10)7-12-2/h5-6H,3-4,7H2,1-2H3. The number of rotatable bonds is 5. The zero-order valence-electron chi connectivity index (χ0n) is 8.00. The quantitative estimate of drug-likeness (QED) is 0.656. The molecule has 0 saturated carbocycles. The van der Waals surface area contributed by atoms with Gasteiger partial charge in [-0.25, -0.2) is 0 Å². The van der Waals surface area contributed by atoms with Crippen LogP contribution in [-0.2, 0) is 11.3 Å². The van der Waals surface area contributed by atoms with Crippen molar-refractivity contribution in [1.82, 2.24) is 0 Å². The number of carbonyl (C=O) groups excluding carboxylic acids is 1. The van der Waals surface area contributed by atoms with Crippen LogP contribution in [0.1, 0.15) is 36.1 Å². The van der Waals surface area contributed by atoms with Crippen LogP contribution in [0.25, 0.3) is 0 Å². The largest absolute Gasteiger partial charge is 0.456 e. The molecule has 13 heavy (non-hydrogen) atoms. The van der Waals surface area contributed by atoms with Crippen molar-refractivity contribution in [2.45, 2.75) is 26.4 Å². The van der Waals surface area contributed by atoms with Crippen molar-refractivity contribution in [3.63, 3.8) is 0 Å². The van der Waals surface area contributed by atoms with Crippen LogP contribution < -0.4 is 0 Å². The minimum absolute atomic E-state index is 0.0600. The van der Waals surface area contributed by atoms with Gasteiger partial charge in [-0.05, 0) is 18.6 Å². The summed E-state index contributed by atoms with van der Waals surface area (Å²) in [5.41, 5.74) is 0. The Morgan fingerprint density at radius 1 is 1.54 bits per heavy atom. The van der Waals surface area contributed by atoms with Crippen molar-refractivity contribution < 1.29 is 13.9 Å². The molecule has 0 unspecified atom stereocenters. The SMILES string of the molecule is CCCC(=O)c1ccc(COC)o1. The summed E-state index contributed by atoms with van der Waals surface area (Å²) in [6, 6.07) is 3.47. The van der Waals surface area contributed by atoms with Crippen molar-refractivity contribution in [2.24, 2.45) is 0 Å². The predicted octanol–water partition coefficient (Wildman–Crippen LogP) is 2.41. The molecule has 0 atom stereocenters. The molecule has 1 aromatic heterocycles. The van der Waals surface area contributed by atoms with Crippen LogP contribution in [0.5, 0.6) is 0 Å².